The van der Waals surface area contributed by atoms with Crippen molar-refractivity contribution in [2.45, 2.75) is 6.29 Å². The van der Waals surface area contributed by atoms with Crippen molar-refractivity contribution in [3.8, 4) is 0 Å². The fourth-order valence-corrected chi connectivity index (χ4v) is 1.30. The Morgan fingerprint density at radius 1 is 1.53 bits per heavy atom. The molecule has 0 radical (unpaired) electrons. The van der Waals surface area contributed by atoms with Crippen LogP contribution in [0.2, 0.25) is 5.15 Å². The average Bonchev–Trinajstić information content (AvgIpc) is 2.30. The van der Waals surface area contributed by atoms with Gasteiger partial charge in [-0.15, -0.1) is 0 Å². The number of aromatic nitrogens is 1. The van der Waals surface area contributed by atoms with Crippen molar-refractivity contribution in [3.05, 3.63) is 27.4 Å². The fourth-order valence-electron chi connectivity index (χ4n) is 1.15. The van der Waals surface area contributed by atoms with E-state index in [2.05, 4.69) is 10.3 Å². The van der Waals surface area contributed by atoms with Gasteiger partial charge < -0.3 is 14.8 Å². The standard InChI is InChI=1S/C9H12ClN3O4/c1-16-8(17-2)5-11-9-6(13(14)15)3-4-7(10)12-9/h3-4,8H,5H2,1-2H3,(H,11,12). The van der Waals surface area contributed by atoms with Gasteiger partial charge in [0.25, 0.3) is 0 Å². The molecule has 0 aromatic carbocycles. The van der Waals surface area contributed by atoms with Gasteiger partial charge in [-0.25, -0.2) is 4.98 Å². The molecule has 1 heterocycles. The molecule has 1 rings (SSSR count). The molecule has 0 unspecified atom stereocenters. The predicted molar refractivity (Wildman–Crippen MR) is 62.2 cm³/mol. The van der Waals surface area contributed by atoms with Crippen LogP contribution in [0.5, 0.6) is 0 Å². The highest BCUT2D eigenvalue weighted by Gasteiger charge is 2.16. The Balaban J connectivity index is 2.81. The summed E-state index contributed by atoms with van der Waals surface area (Å²) >= 11 is 5.67. The van der Waals surface area contributed by atoms with E-state index in [0.29, 0.717) is 0 Å². The van der Waals surface area contributed by atoms with Crippen molar-refractivity contribution >= 4 is 23.1 Å². The van der Waals surface area contributed by atoms with Gasteiger partial charge in [0.2, 0.25) is 5.82 Å². The Morgan fingerprint density at radius 2 is 2.18 bits per heavy atom. The lowest BCUT2D eigenvalue weighted by Crippen LogP contribution is -2.24. The van der Waals surface area contributed by atoms with E-state index in [1.165, 1.54) is 26.4 Å². The van der Waals surface area contributed by atoms with Gasteiger partial charge in [-0.1, -0.05) is 11.6 Å². The molecule has 0 fully saturated rings. The largest absolute Gasteiger partial charge is 0.359 e. The van der Waals surface area contributed by atoms with E-state index in [1.807, 2.05) is 0 Å². The quantitative estimate of drug-likeness (QED) is 0.363. The Bertz CT molecular complexity index is 398. The number of nitrogens with one attached hydrogen (secondary N) is 1. The van der Waals surface area contributed by atoms with Crippen molar-refractivity contribution in [2.24, 2.45) is 0 Å². The summed E-state index contributed by atoms with van der Waals surface area (Å²) in [5.74, 6) is 0.0848. The summed E-state index contributed by atoms with van der Waals surface area (Å²) < 4.78 is 9.87. The smallest absolute Gasteiger partial charge is 0.311 e. The highest BCUT2D eigenvalue weighted by Crippen LogP contribution is 2.23. The summed E-state index contributed by atoms with van der Waals surface area (Å²) in [4.78, 5) is 14.0. The molecule has 0 bridgehead atoms. The number of nitro groups is 1. The lowest BCUT2D eigenvalue weighted by Gasteiger charge is -2.14. The highest BCUT2D eigenvalue weighted by atomic mass is 35.5. The lowest BCUT2D eigenvalue weighted by atomic mass is 10.4. The fraction of sp³-hybridized carbons (Fsp3) is 0.444. The van der Waals surface area contributed by atoms with Gasteiger partial charge in [-0.2, -0.15) is 0 Å². The van der Waals surface area contributed by atoms with Crippen molar-refractivity contribution < 1.29 is 14.4 Å². The molecular formula is C9H12ClN3O4. The Morgan fingerprint density at radius 3 is 2.71 bits per heavy atom. The third-order valence-electron chi connectivity index (χ3n) is 2.00. The minimum Gasteiger partial charge on any atom is -0.359 e. The molecule has 0 aliphatic carbocycles. The van der Waals surface area contributed by atoms with Crippen LogP contribution in [0.15, 0.2) is 12.1 Å². The molecule has 1 aromatic heterocycles. The van der Waals surface area contributed by atoms with E-state index in [9.17, 15) is 10.1 Å². The number of methoxy groups -OCH3 is 2. The number of rotatable bonds is 6. The summed E-state index contributed by atoms with van der Waals surface area (Å²) in [6.07, 6.45) is -0.518. The Kier molecular flexibility index (Phi) is 5.08. The SMILES string of the molecule is COC(CNc1nc(Cl)ccc1[N+](=O)[O-])OC. The number of anilines is 1. The van der Waals surface area contributed by atoms with Gasteiger partial charge >= 0.3 is 5.69 Å². The molecule has 0 saturated carbocycles. The van der Waals surface area contributed by atoms with Crippen LogP contribution in [-0.2, 0) is 9.47 Å². The van der Waals surface area contributed by atoms with Crippen LogP contribution in [0, 0.1) is 10.1 Å². The van der Waals surface area contributed by atoms with Gasteiger partial charge in [0.05, 0.1) is 11.5 Å². The number of pyridine rings is 1. The summed E-state index contributed by atoms with van der Waals surface area (Å²) in [6.45, 7) is 0.223. The van der Waals surface area contributed by atoms with Crippen molar-refractivity contribution in [2.75, 3.05) is 26.1 Å². The zero-order valence-corrected chi connectivity index (χ0v) is 10.1. The molecule has 0 aliphatic heterocycles. The van der Waals surface area contributed by atoms with E-state index in [1.54, 1.807) is 0 Å². The molecule has 0 spiro atoms. The molecule has 8 heteroatoms. The van der Waals surface area contributed by atoms with Crippen LogP contribution in [0.1, 0.15) is 0 Å². The normalized spacial score (nSPS) is 10.6. The minimum atomic E-state index is -0.541. The number of nitrogens with zero attached hydrogens (tertiary/aromatic N) is 2. The summed E-state index contributed by atoms with van der Waals surface area (Å²) in [6, 6.07) is 2.64. The van der Waals surface area contributed by atoms with Gasteiger partial charge in [-0.3, -0.25) is 10.1 Å². The Hall–Kier alpha value is -1.44. The second-order valence-electron chi connectivity index (χ2n) is 3.04. The number of hydrogen-bond donors (Lipinski definition) is 1. The first-order valence-corrected chi connectivity index (χ1v) is 5.06. The average molecular weight is 262 g/mol. The van der Waals surface area contributed by atoms with Crippen LogP contribution in [0.25, 0.3) is 0 Å². The molecule has 1 N–H and O–H groups in total. The molecule has 17 heavy (non-hydrogen) atoms. The lowest BCUT2D eigenvalue weighted by molar-refractivity contribution is -0.384. The first-order valence-electron chi connectivity index (χ1n) is 4.69. The maximum atomic E-state index is 10.7. The Labute approximate surface area is 103 Å². The molecule has 0 aliphatic rings. The molecule has 0 atom stereocenters. The second-order valence-corrected chi connectivity index (χ2v) is 3.43. The maximum Gasteiger partial charge on any atom is 0.311 e. The zero-order chi connectivity index (χ0) is 12.8. The molecule has 1 aromatic rings. The number of ether oxygens (including phenoxy) is 2. The van der Waals surface area contributed by atoms with E-state index < -0.39 is 11.2 Å². The molecule has 0 amide bonds. The topological polar surface area (TPSA) is 86.5 Å². The summed E-state index contributed by atoms with van der Waals surface area (Å²) in [5, 5.41) is 13.7. The van der Waals surface area contributed by atoms with Crippen molar-refractivity contribution in [3.63, 3.8) is 0 Å². The highest BCUT2D eigenvalue weighted by molar-refractivity contribution is 6.29. The van der Waals surface area contributed by atoms with Gasteiger partial charge in [-0.05, 0) is 6.07 Å². The van der Waals surface area contributed by atoms with Crippen LogP contribution in [0.3, 0.4) is 0 Å². The predicted octanol–water partition coefficient (Wildman–Crippen LogP) is 1.67. The van der Waals surface area contributed by atoms with E-state index in [-0.39, 0.29) is 23.2 Å². The van der Waals surface area contributed by atoms with Crippen molar-refractivity contribution in [1.29, 1.82) is 0 Å². The second kappa shape index (κ2) is 6.33. The first kappa shape index (κ1) is 13.6. The molecular weight excluding hydrogens is 250 g/mol. The van der Waals surface area contributed by atoms with Gasteiger partial charge in [0.15, 0.2) is 6.29 Å². The molecule has 94 valence electrons. The third kappa shape index (κ3) is 3.81. The van der Waals surface area contributed by atoms with Crippen LogP contribution in [-0.4, -0.2) is 37.0 Å². The minimum absolute atomic E-state index is 0.0848. The summed E-state index contributed by atoms with van der Waals surface area (Å²) in [5.41, 5.74) is -0.152. The summed E-state index contributed by atoms with van der Waals surface area (Å²) in [7, 11) is 2.94. The maximum absolute atomic E-state index is 10.7. The van der Waals surface area contributed by atoms with Gasteiger partial charge in [0, 0.05) is 20.3 Å². The zero-order valence-electron chi connectivity index (χ0n) is 9.34. The number of halogens is 1. The van der Waals surface area contributed by atoms with Crippen LogP contribution >= 0.6 is 11.6 Å². The first-order chi connectivity index (χ1) is 8.08. The van der Waals surface area contributed by atoms with E-state index in [0.717, 1.165) is 0 Å². The van der Waals surface area contributed by atoms with Gasteiger partial charge in [0.1, 0.15) is 5.15 Å². The molecule has 0 saturated heterocycles. The number of hydrogen-bond acceptors (Lipinski definition) is 6. The van der Waals surface area contributed by atoms with E-state index in [4.69, 9.17) is 21.1 Å². The monoisotopic (exact) mass is 261 g/mol. The van der Waals surface area contributed by atoms with Crippen LogP contribution < -0.4 is 5.32 Å². The molecule has 7 nitrogen and oxygen atoms in total. The van der Waals surface area contributed by atoms with Crippen molar-refractivity contribution in [1.82, 2.24) is 4.98 Å². The third-order valence-corrected chi connectivity index (χ3v) is 2.21. The van der Waals surface area contributed by atoms with E-state index >= 15 is 0 Å². The van der Waals surface area contributed by atoms with Crippen LogP contribution in [0.4, 0.5) is 11.5 Å².